The molecule has 3 rings (SSSR count). The molecule has 6 atom stereocenters. The summed E-state index contributed by atoms with van der Waals surface area (Å²) < 4.78 is 6.08. The van der Waals surface area contributed by atoms with Crippen molar-refractivity contribution in [2.75, 3.05) is 6.61 Å². The monoisotopic (exact) mass is 404 g/mol. The minimum atomic E-state index is -0.797. The van der Waals surface area contributed by atoms with Gasteiger partial charge in [-0.1, -0.05) is 31.2 Å². The van der Waals surface area contributed by atoms with Gasteiger partial charge >= 0.3 is 0 Å². The van der Waals surface area contributed by atoms with E-state index in [4.69, 9.17) is 4.74 Å². The standard InChI is InChI=1S/C25H40O4/c1-16-19(13-20(26)14-23(16)27)9-8-18-7-6-12-25(5)21(10-11-22(18)25)17(2)29-15-24(3,4)28/h8-9,17,20-23,26-28H,1,6-7,10-15H2,2-5H3/b18-8+,19-9+/t17-,20+,21+,22-,23-,25+/m0/s1. The van der Waals surface area contributed by atoms with Crippen LogP contribution in [0, 0.1) is 17.3 Å². The van der Waals surface area contributed by atoms with Gasteiger partial charge in [-0.15, -0.1) is 0 Å². The van der Waals surface area contributed by atoms with Crippen LogP contribution in [0.4, 0.5) is 0 Å². The first kappa shape index (κ1) is 22.7. The molecular weight excluding hydrogens is 364 g/mol. The maximum Gasteiger partial charge on any atom is 0.0824 e. The Morgan fingerprint density at radius 1 is 1.28 bits per heavy atom. The van der Waals surface area contributed by atoms with Crippen molar-refractivity contribution in [2.24, 2.45) is 17.3 Å². The Hall–Kier alpha value is -0.940. The van der Waals surface area contributed by atoms with Crippen molar-refractivity contribution >= 4 is 0 Å². The summed E-state index contributed by atoms with van der Waals surface area (Å²) in [6.07, 6.45) is 10.2. The number of hydrogen-bond donors (Lipinski definition) is 3. The molecule has 0 aromatic rings. The molecule has 3 fully saturated rings. The van der Waals surface area contributed by atoms with Crippen LogP contribution in [0.3, 0.4) is 0 Å². The fourth-order valence-electron chi connectivity index (χ4n) is 5.97. The molecule has 3 N–H and O–H groups in total. The Balaban J connectivity index is 1.75. The van der Waals surface area contributed by atoms with Crippen LogP contribution in [-0.2, 0) is 4.74 Å². The third kappa shape index (κ3) is 5.04. The maximum atomic E-state index is 10.1. The summed E-state index contributed by atoms with van der Waals surface area (Å²) in [6.45, 7) is 12.6. The fraction of sp³-hybridized carbons (Fsp3) is 0.760. The Labute approximate surface area is 176 Å². The predicted molar refractivity (Wildman–Crippen MR) is 116 cm³/mol. The number of rotatable bonds is 5. The third-order valence-corrected chi connectivity index (χ3v) is 7.57. The SMILES string of the molecule is C=C1/C(=C/C=C2\CCC[C@]3(C)[C@@H]([C@H](C)OCC(C)(C)O)CC[C@@H]23)C[C@@H](O)C[C@@H]1O. The van der Waals surface area contributed by atoms with E-state index in [1.54, 1.807) is 13.8 Å². The van der Waals surface area contributed by atoms with Gasteiger partial charge in [0.1, 0.15) is 0 Å². The van der Waals surface area contributed by atoms with Crippen LogP contribution in [0.1, 0.15) is 72.6 Å². The second kappa shape index (κ2) is 8.66. The van der Waals surface area contributed by atoms with E-state index in [1.807, 2.05) is 0 Å². The van der Waals surface area contributed by atoms with E-state index in [9.17, 15) is 15.3 Å². The smallest absolute Gasteiger partial charge is 0.0824 e. The van der Waals surface area contributed by atoms with Crippen molar-refractivity contribution in [2.45, 2.75) is 96.6 Å². The molecule has 0 aromatic carbocycles. The molecule has 0 spiro atoms. The van der Waals surface area contributed by atoms with E-state index in [1.165, 1.54) is 24.8 Å². The van der Waals surface area contributed by atoms with Gasteiger partial charge in [-0.25, -0.2) is 0 Å². The van der Waals surface area contributed by atoms with Gasteiger partial charge in [-0.3, -0.25) is 0 Å². The van der Waals surface area contributed by atoms with Crippen molar-refractivity contribution in [3.8, 4) is 0 Å². The lowest BCUT2D eigenvalue weighted by Gasteiger charge is -2.44. The molecule has 0 saturated heterocycles. The van der Waals surface area contributed by atoms with E-state index >= 15 is 0 Å². The molecule has 0 bridgehead atoms. The lowest BCUT2D eigenvalue weighted by Crippen LogP contribution is -2.40. The Morgan fingerprint density at radius 3 is 2.69 bits per heavy atom. The van der Waals surface area contributed by atoms with Gasteiger partial charge in [0.05, 0.1) is 30.5 Å². The van der Waals surface area contributed by atoms with E-state index in [2.05, 4.69) is 32.6 Å². The number of hydrogen-bond acceptors (Lipinski definition) is 4. The van der Waals surface area contributed by atoms with Gasteiger partial charge in [0.15, 0.2) is 0 Å². The van der Waals surface area contributed by atoms with Crippen LogP contribution in [-0.4, -0.2) is 45.8 Å². The summed E-state index contributed by atoms with van der Waals surface area (Å²) in [7, 11) is 0. The molecule has 3 saturated carbocycles. The summed E-state index contributed by atoms with van der Waals surface area (Å²) in [4.78, 5) is 0. The predicted octanol–water partition coefficient (Wildman–Crippen LogP) is 4.30. The summed E-state index contributed by atoms with van der Waals surface area (Å²) in [6, 6.07) is 0. The van der Waals surface area contributed by atoms with Crippen molar-refractivity contribution < 1.29 is 20.1 Å². The number of allylic oxidation sites excluding steroid dienone is 3. The van der Waals surface area contributed by atoms with Crippen molar-refractivity contribution in [3.05, 3.63) is 35.5 Å². The highest BCUT2D eigenvalue weighted by Gasteiger charge is 2.51. The lowest BCUT2D eigenvalue weighted by atomic mass is 9.62. The molecule has 0 amide bonds. The van der Waals surface area contributed by atoms with Crippen LogP contribution < -0.4 is 0 Å². The largest absolute Gasteiger partial charge is 0.393 e. The molecule has 0 heterocycles. The minimum absolute atomic E-state index is 0.137. The second-order valence-electron chi connectivity index (χ2n) is 10.5. The van der Waals surface area contributed by atoms with E-state index in [0.717, 1.165) is 24.0 Å². The van der Waals surface area contributed by atoms with Crippen LogP contribution in [0.25, 0.3) is 0 Å². The molecule has 0 unspecified atom stereocenters. The summed E-state index contributed by atoms with van der Waals surface area (Å²) in [5.41, 5.74) is 2.65. The van der Waals surface area contributed by atoms with Crippen molar-refractivity contribution in [1.29, 1.82) is 0 Å². The van der Waals surface area contributed by atoms with E-state index < -0.39 is 17.8 Å². The molecule has 3 aliphatic carbocycles. The van der Waals surface area contributed by atoms with Gasteiger partial charge in [0, 0.05) is 6.42 Å². The van der Waals surface area contributed by atoms with Gasteiger partial charge in [0.25, 0.3) is 0 Å². The normalized spacial score (nSPS) is 39.8. The van der Waals surface area contributed by atoms with Gasteiger partial charge in [-0.05, 0) is 87.7 Å². The maximum absolute atomic E-state index is 10.1. The highest BCUT2D eigenvalue weighted by molar-refractivity contribution is 5.38. The summed E-state index contributed by atoms with van der Waals surface area (Å²) in [5.74, 6) is 1.05. The van der Waals surface area contributed by atoms with Crippen LogP contribution >= 0.6 is 0 Å². The van der Waals surface area contributed by atoms with Crippen LogP contribution in [0.15, 0.2) is 35.5 Å². The first-order chi connectivity index (χ1) is 13.5. The van der Waals surface area contributed by atoms with Crippen molar-refractivity contribution in [3.63, 3.8) is 0 Å². The Bertz CT molecular complexity index is 671. The molecule has 164 valence electrons. The zero-order chi connectivity index (χ0) is 21.4. The highest BCUT2D eigenvalue weighted by Crippen LogP contribution is 2.58. The molecule has 29 heavy (non-hydrogen) atoms. The number of aliphatic hydroxyl groups excluding tert-OH is 2. The zero-order valence-electron chi connectivity index (χ0n) is 18.7. The Morgan fingerprint density at radius 2 is 2.00 bits per heavy atom. The molecule has 0 aromatic heterocycles. The quantitative estimate of drug-likeness (QED) is 0.639. The molecule has 4 nitrogen and oxygen atoms in total. The summed E-state index contributed by atoms with van der Waals surface area (Å²) in [5, 5.41) is 30.1. The molecule has 4 heteroatoms. The van der Waals surface area contributed by atoms with Gasteiger partial charge < -0.3 is 20.1 Å². The Kier molecular flexibility index (Phi) is 6.79. The first-order valence-electron chi connectivity index (χ1n) is 11.3. The molecule has 0 aliphatic heterocycles. The van der Waals surface area contributed by atoms with Gasteiger partial charge in [-0.2, -0.15) is 0 Å². The molecule has 3 aliphatic rings. The first-order valence-corrected chi connectivity index (χ1v) is 11.3. The highest BCUT2D eigenvalue weighted by atomic mass is 16.5. The van der Waals surface area contributed by atoms with Crippen LogP contribution in [0.5, 0.6) is 0 Å². The van der Waals surface area contributed by atoms with Crippen molar-refractivity contribution in [1.82, 2.24) is 0 Å². The lowest BCUT2D eigenvalue weighted by molar-refractivity contribution is -0.0837. The second-order valence-corrected chi connectivity index (χ2v) is 10.5. The summed E-state index contributed by atoms with van der Waals surface area (Å²) >= 11 is 0. The van der Waals surface area contributed by atoms with Crippen LogP contribution in [0.2, 0.25) is 0 Å². The fourth-order valence-corrected chi connectivity index (χ4v) is 5.97. The zero-order valence-corrected chi connectivity index (χ0v) is 18.7. The number of ether oxygens (including phenoxy) is 1. The number of fused-ring (bicyclic) bond motifs is 1. The van der Waals surface area contributed by atoms with E-state index in [0.29, 0.717) is 31.3 Å². The average Bonchev–Trinajstić information content (AvgIpc) is 2.98. The molecule has 0 radical (unpaired) electrons. The topological polar surface area (TPSA) is 69.9 Å². The van der Waals surface area contributed by atoms with E-state index in [-0.39, 0.29) is 11.5 Å². The number of aliphatic hydroxyl groups is 3. The third-order valence-electron chi connectivity index (χ3n) is 7.57. The average molecular weight is 405 g/mol. The van der Waals surface area contributed by atoms with Gasteiger partial charge in [0.2, 0.25) is 0 Å². The molecular formula is C25H40O4. The minimum Gasteiger partial charge on any atom is -0.393 e.